The molecule has 0 saturated carbocycles. The Labute approximate surface area is 207 Å². The zero-order valence-corrected chi connectivity index (χ0v) is 20.3. The number of carbonyl (C=O) groups is 1. The third-order valence-corrected chi connectivity index (χ3v) is 5.68. The van der Waals surface area contributed by atoms with Gasteiger partial charge in [0.15, 0.2) is 6.10 Å². The number of hydrogen-bond donors (Lipinski definition) is 0. The summed E-state index contributed by atoms with van der Waals surface area (Å²) < 4.78 is 12.9. The summed E-state index contributed by atoms with van der Waals surface area (Å²) >= 11 is 0. The van der Waals surface area contributed by atoms with E-state index >= 15 is 0 Å². The number of carbonyl (C=O) groups excluding carboxylic acids is 1. The first-order valence-corrected chi connectivity index (χ1v) is 11.3. The van der Waals surface area contributed by atoms with Gasteiger partial charge in [0.05, 0.1) is 17.2 Å². The molecule has 184 valence electrons. The quantitative estimate of drug-likeness (QED) is 0.145. The van der Waals surface area contributed by atoms with Crippen LogP contribution in [0, 0.1) is 30.9 Å². The number of nitrogens with zero attached hydrogens (tertiary/aromatic N) is 5. The summed E-state index contributed by atoms with van der Waals surface area (Å²) in [7, 11) is 0. The second-order valence-electron chi connectivity index (χ2n) is 8.39. The van der Waals surface area contributed by atoms with Crippen molar-refractivity contribution in [3.05, 3.63) is 98.7 Å². The number of aryl methyl sites for hydroxylation is 2. The van der Waals surface area contributed by atoms with Gasteiger partial charge in [0.2, 0.25) is 5.89 Å². The number of rotatable bonds is 8. The molecule has 0 aliphatic rings. The number of nitro benzene ring substituents is 1. The van der Waals surface area contributed by atoms with Gasteiger partial charge >= 0.3 is 5.97 Å². The number of hydrogen-bond acceptors (Lipinski definition) is 8. The van der Waals surface area contributed by atoms with E-state index in [1.165, 1.54) is 35.9 Å². The van der Waals surface area contributed by atoms with Crippen LogP contribution in [0.3, 0.4) is 0 Å². The second kappa shape index (κ2) is 10.3. The Morgan fingerprint density at radius 3 is 2.47 bits per heavy atom. The van der Waals surface area contributed by atoms with Gasteiger partial charge in [0.25, 0.3) is 11.6 Å². The maximum Gasteiger partial charge on any atom is 0.331 e. The highest BCUT2D eigenvalue weighted by molar-refractivity contribution is 5.87. The monoisotopic (exact) mass is 487 g/mol. The molecule has 1 unspecified atom stereocenters. The molecule has 2 aromatic carbocycles. The largest absolute Gasteiger partial charge is 0.449 e. The molecule has 0 bridgehead atoms. The minimum Gasteiger partial charge on any atom is -0.449 e. The topological polar surface area (TPSA) is 126 Å². The molecule has 1 atom stereocenters. The van der Waals surface area contributed by atoms with Crippen LogP contribution in [0.4, 0.5) is 5.69 Å². The Hall–Kier alpha value is -4.60. The molecule has 0 amide bonds. The normalized spacial score (nSPS) is 12.1. The lowest BCUT2D eigenvalue weighted by atomic mass is 10.1. The van der Waals surface area contributed by atoms with Crippen molar-refractivity contribution < 1.29 is 18.9 Å². The summed E-state index contributed by atoms with van der Waals surface area (Å²) in [6, 6.07) is 14.0. The lowest BCUT2D eigenvalue weighted by molar-refractivity contribution is -0.384. The molecule has 10 nitrogen and oxygen atoms in total. The SMILES string of the molecule is Cc1ccc(Cn2nc(C)c(/C=C/C(=O)OC(C)c3nnc(-c4ccc([N+](=O)[O-])cc4)o3)c2C)cc1. The van der Waals surface area contributed by atoms with Crippen LogP contribution in [0.1, 0.15) is 47.0 Å². The van der Waals surface area contributed by atoms with Gasteiger partial charge in [-0.3, -0.25) is 14.8 Å². The maximum absolute atomic E-state index is 12.4. The molecule has 10 heteroatoms. The Morgan fingerprint density at radius 2 is 1.81 bits per heavy atom. The molecule has 2 aromatic heterocycles. The van der Waals surface area contributed by atoms with Crippen molar-refractivity contribution in [2.45, 2.75) is 40.3 Å². The maximum atomic E-state index is 12.4. The molecular weight excluding hydrogens is 462 g/mol. The molecule has 0 aliphatic carbocycles. The molecular formula is C26H25N5O5. The fourth-order valence-electron chi connectivity index (χ4n) is 3.63. The highest BCUT2D eigenvalue weighted by atomic mass is 16.6. The first-order valence-electron chi connectivity index (χ1n) is 11.3. The Morgan fingerprint density at radius 1 is 1.11 bits per heavy atom. The Balaban J connectivity index is 1.40. The molecule has 36 heavy (non-hydrogen) atoms. The van der Waals surface area contributed by atoms with Crippen molar-refractivity contribution in [3.63, 3.8) is 0 Å². The number of benzene rings is 2. The van der Waals surface area contributed by atoms with Crippen LogP contribution in [0.5, 0.6) is 0 Å². The molecule has 4 rings (SSSR count). The number of aromatic nitrogens is 4. The van der Waals surface area contributed by atoms with Gasteiger partial charge in [-0.05, 0) is 51.5 Å². The van der Waals surface area contributed by atoms with Gasteiger partial charge < -0.3 is 9.15 Å². The van der Waals surface area contributed by atoms with Gasteiger partial charge in [-0.2, -0.15) is 5.10 Å². The molecule has 0 saturated heterocycles. The minimum absolute atomic E-state index is 0.0428. The minimum atomic E-state index is -0.784. The summed E-state index contributed by atoms with van der Waals surface area (Å²) in [6.07, 6.45) is 2.25. The molecule has 0 N–H and O–H groups in total. The third kappa shape index (κ3) is 5.54. The van der Waals surface area contributed by atoms with Crippen molar-refractivity contribution in [1.82, 2.24) is 20.0 Å². The number of ether oxygens (including phenoxy) is 1. The van der Waals surface area contributed by atoms with Crippen LogP contribution in [0.15, 0.2) is 59.0 Å². The smallest absolute Gasteiger partial charge is 0.331 e. The van der Waals surface area contributed by atoms with Gasteiger partial charge in [0.1, 0.15) is 0 Å². The summed E-state index contributed by atoms with van der Waals surface area (Å²) in [5.74, 6) is -0.281. The van der Waals surface area contributed by atoms with Crippen LogP contribution in [-0.4, -0.2) is 30.9 Å². The van der Waals surface area contributed by atoms with Crippen LogP contribution in [-0.2, 0) is 16.1 Å². The predicted octanol–water partition coefficient (Wildman–Crippen LogP) is 5.13. The Bertz CT molecular complexity index is 1420. The first kappa shape index (κ1) is 24.5. The van der Waals surface area contributed by atoms with Gasteiger partial charge in [-0.1, -0.05) is 29.8 Å². The number of nitro groups is 1. The molecule has 2 heterocycles. The highest BCUT2D eigenvalue weighted by Crippen LogP contribution is 2.24. The Kier molecular flexibility index (Phi) is 7.05. The van der Waals surface area contributed by atoms with E-state index in [2.05, 4.69) is 39.6 Å². The van der Waals surface area contributed by atoms with Gasteiger partial charge in [-0.15, -0.1) is 10.2 Å². The zero-order valence-electron chi connectivity index (χ0n) is 20.3. The van der Waals surface area contributed by atoms with E-state index in [0.29, 0.717) is 12.1 Å². The van der Waals surface area contributed by atoms with Crippen molar-refractivity contribution in [2.24, 2.45) is 0 Å². The van der Waals surface area contributed by atoms with E-state index < -0.39 is 17.0 Å². The van der Waals surface area contributed by atoms with Crippen molar-refractivity contribution in [3.8, 4) is 11.5 Å². The highest BCUT2D eigenvalue weighted by Gasteiger charge is 2.19. The number of non-ortho nitro benzene ring substituents is 1. The van der Waals surface area contributed by atoms with Crippen molar-refractivity contribution in [2.75, 3.05) is 0 Å². The third-order valence-electron chi connectivity index (χ3n) is 5.68. The summed E-state index contributed by atoms with van der Waals surface area (Å²) in [5, 5.41) is 23.3. The van der Waals surface area contributed by atoms with Crippen molar-refractivity contribution >= 4 is 17.7 Å². The van der Waals surface area contributed by atoms with Crippen LogP contribution in [0.25, 0.3) is 17.5 Å². The van der Waals surface area contributed by atoms with Crippen LogP contribution < -0.4 is 0 Å². The van der Waals surface area contributed by atoms with E-state index in [1.54, 1.807) is 13.0 Å². The lowest BCUT2D eigenvalue weighted by Gasteiger charge is -2.07. The predicted molar refractivity (Wildman–Crippen MR) is 132 cm³/mol. The molecule has 0 fully saturated rings. The summed E-state index contributed by atoms with van der Waals surface area (Å²) in [5.41, 5.74) is 5.42. The second-order valence-corrected chi connectivity index (χ2v) is 8.39. The molecule has 0 radical (unpaired) electrons. The summed E-state index contributed by atoms with van der Waals surface area (Å²) in [6.45, 7) is 8.15. The van der Waals surface area contributed by atoms with Crippen molar-refractivity contribution in [1.29, 1.82) is 0 Å². The van der Waals surface area contributed by atoms with Gasteiger partial charge in [0, 0.05) is 35.0 Å². The average molecular weight is 488 g/mol. The standard InChI is InChI=1S/C26H25N5O5/c1-16-5-7-20(8-6-16)15-30-18(3)23(17(2)29-30)13-14-24(32)35-19(4)25-27-28-26(36-25)21-9-11-22(12-10-21)31(33)34/h5-14,19H,15H2,1-4H3/b14-13+. The fraction of sp³-hybridized carbons (Fsp3) is 0.231. The summed E-state index contributed by atoms with van der Waals surface area (Å²) in [4.78, 5) is 22.8. The van der Waals surface area contributed by atoms with Crippen LogP contribution in [0.2, 0.25) is 0 Å². The van der Waals surface area contributed by atoms with E-state index in [-0.39, 0.29) is 17.5 Å². The van der Waals surface area contributed by atoms with E-state index in [4.69, 9.17) is 9.15 Å². The average Bonchev–Trinajstić information content (AvgIpc) is 3.44. The fourth-order valence-corrected chi connectivity index (χ4v) is 3.63. The molecule has 0 aliphatic heterocycles. The van der Waals surface area contributed by atoms with E-state index in [9.17, 15) is 14.9 Å². The van der Waals surface area contributed by atoms with E-state index in [1.807, 2.05) is 25.5 Å². The zero-order chi connectivity index (χ0) is 25.8. The lowest BCUT2D eigenvalue weighted by Crippen LogP contribution is -2.06. The number of esters is 1. The van der Waals surface area contributed by atoms with Crippen LogP contribution >= 0.6 is 0 Å². The molecule has 0 spiro atoms. The molecule has 4 aromatic rings. The van der Waals surface area contributed by atoms with Gasteiger partial charge in [-0.25, -0.2) is 4.79 Å². The van der Waals surface area contributed by atoms with E-state index in [0.717, 1.165) is 22.5 Å². The first-order chi connectivity index (χ1) is 17.2.